The highest BCUT2D eigenvalue weighted by Gasteiger charge is 2.31. The molecule has 1 aliphatic rings. The maximum Gasteiger partial charge on any atom is 0.227 e. The van der Waals surface area contributed by atoms with Crippen LogP contribution in [0, 0.1) is 5.92 Å². The fourth-order valence-electron chi connectivity index (χ4n) is 2.40. The van der Waals surface area contributed by atoms with Gasteiger partial charge in [-0.05, 0) is 12.0 Å². The van der Waals surface area contributed by atoms with Crippen molar-refractivity contribution >= 4 is 50.0 Å². The lowest BCUT2D eigenvalue weighted by atomic mass is 10.2. The second-order valence-electron chi connectivity index (χ2n) is 4.70. The number of alkyl halides is 1. The maximum atomic E-state index is 12.1. The molecule has 0 spiro atoms. The van der Waals surface area contributed by atoms with Crippen LogP contribution in [-0.2, 0) is 4.79 Å². The summed E-state index contributed by atoms with van der Waals surface area (Å²) >= 11 is 9.87. The van der Waals surface area contributed by atoms with Crippen LogP contribution in [0.25, 0.3) is 10.9 Å². The summed E-state index contributed by atoms with van der Waals surface area (Å²) in [6, 6.07) is 7.69. The van der Waals surface area contributed by atoms with Crippen molar-refractivity contribution in [2.45, 2.75) is 6.42 Å². The Hall–Kier alpha value is -1.13. The summed E-state index contributed by atoms with van der Waals surface area (Å²) in [7, 11) is 0. The first kappa shape index (κ1) is 12.9. The molecule has 1 unspecified atom stereocenters. The summed E-state index contributed by atoms with van der Waals surface area (Å²) in [6.07, 6.45) is 2.26. The molecule has 1 aromatic carbocycles. The van der Waals surface area contributed by atoms with Crippen molar-refractivity contribution in [3.63, 3.8) is 0 Å². The summed E-state index contributed by atoms with van der Waals surface area (Å²) in [5.74, 6) is 0.457. The third-order valence-electron chi connectivity index (χ3n) is 3.41. The molecule has 1 amide bonds. The zero-order chi connectivity index (χ0) is 13.4. The lowest BCUT2D eigenvalue weighted by Gasteiger charge is -2.18. The van der Waals surface area contributed by atoms with Crippen LogP contribution >= 0.6 is 27.5 Å². The van der Waals surface area contributed by atoms with Crippen LogP contribution in [0.15, 0.2) is 30.5 Å². The van der Waals surface area contributed by atoms with Gasteiger partial charge in [-0.15, -0.1) is 0 Å². The van der Waals surface area contributed by atoms with E-state index in [0.29, 0.717) is 29.6 Å². The van der Waals surface area contributed by atoms with Gasteiger partial charge in [0.1, 0.15) is 0 Å². The number of nitrogens with zero attached hydrogens (tertiary/aromatic N) is 2. The van der Waals surface area contributed by atoms with Crippen molar-refractivity contribution < 1.29 is 4.79 Å². The van der Waals surface area contributed by atoms with E-state index in [1.165, 1.54) is 0 Å². The van der Waals surface area contributed by atoms with Gasteiger partial charge in [0.25, 0.3) is 0 Å². The molecule has 19 heavy (non-hydrogen) atoms. The van der Waals surface area contributed by atoms with Gasteiger partial charge in [-0.1, -0.05) is 45.7 Å². The van der Waals surface area contributed by atoms with E-state index >= 15 is 0 Å². The number of hydrogen-bond acceptors (Lipinski definition) is 2. The van der Waals surface area contributed by atoms with Crippen LogP contribution in [0.3, 0.4) is 0 Å². The van der Waals surface area contributed by atoms with Crippen LogP contribution < -0.4 is 4.90 Å². The highest BCUT2D eigenvalue weighted by atomic mass is 79.9. The summed E-state index contributed by atoms with van der Waals surface area (Å²) < 4.78 is 0. The number of carbonyl (C=O) groups is 1. The van der Waals surface area contributed by atoms with Crippen LogP contribution in [0.1, 0.15) is 6.42 Å². The number of aromatic nitrogens is 1. The minimum atomic E-state index is 0.114. The molecular formula is C14H12BrClN2O. The Bertz CT molecular complexity index is 646. The van der Waals surface area contributed by atoms with E-state index in [9.17, 15) is 4.79 Å². The van der Waals surface area contributed by atoms with Crippen molar-refractivity contribution in [2.24, 2.45) is 5.92 Å². The molecule has 1 saturated heterocycles. The van der Waals surface area contributed by atoms with Crippen LogP contribution in [0.5, 0.6) is 0 Å². The van der Waals surface area contributed by atoms with E-state index in [0.717, 1.165) is 16.2 Å². The van der Waals surface area contributed by atoms with E-state index in [1.54, 1.807) is 11.1 Å². The standard InChI is InChI=1S/C14H12BrClN2O/c15-6-9-5-13(19)18(8-9)12-7-17-11-4-2-1-3-10(11)14(12)16/h1-4,7,9H,5-6,8H2. The molecular weight excluding hydrogens is 328 g/mol. The van der Waals surface area contributed by atoms with Gasteiger partial charge in [0.15, 0.2) is 0 Å². The van der Waals surface area contributed by atoms with Gasteiger partial charge in [-0.25, -0.2) is 0 Å². The molecule has 1 atom stereocenters. The van der Waals surface area contributed by atoms with E-state index < -0.39 is 0 Å². The lowest BCUT2D eigenvalue weighted by molar-refractivity contribution is -0.117. The lowest BCUT2D eigenvalue weighted by Crippen LogP contribution is -2.25. The first-order chi connectivity index (χ1) is 9.20. The summed E-state index contributed by atoms with van der Waals surface area (Å²) in [5, 5.41) is 2.32. The third-order valence-corrected chi connectivity index (χ3v) is 4.72. The van der Waals surface area contributed by atoms with E-state index in [1.807, 2.05) is 24.3 Å². The number of hydrogen-bond donors (Lipinski definition) is 0. The maximum absolute atomic E-state index is 12.1. The Balaban J connectivity index is 2.06. The van der Waals surface area contributed by atoms with E-state index in [2.05, 4.69) is 20.9 Å². The fraction of sp³-hybridized carbons (Fsp3) is 0.286. The summed E-state index contributed by atoms with van der Waals surface area (Å²) in [4.78, 5) is 18.2. The van der Waals surface area contributed by atoms with Crippen LogP contribution in [0.2, 0.25) is 5.02 Å². The van der Waals surface area contributed by atoms with Crippen molar-refractivity contribution in [1.82, 2.24) is 4.98 Å². The SMILES string of the molecule is O=C1CC(CBr)CN1c1cnc2ccccc2c1Cl. The highest BCUT2D eigenvalue weighted by Crippen LogP contribution is 2.35. The van der Waals surface area contributed by atoms with Gasteiger partial charge < -0.3 is 4.90 Å². The molecule has 2 heterocycles. The van der Waals surface area contributed by atoms with Crippen LogP contribution in [0.4, 0.5) is 5.69 Å². The molecule has 0 radical (unpaired) electrons. The summed E-state index contributed by atoms with van der Waals surface area (Å²) in [5.41, 5.74) is 1.56. The number of pyridine rings is 1. The van der Waals surface area contributed by atoms with Gasteiger partial charge in [0.05, 0.1) is 22.4 Å². The van der Waals surface area contributed by atoms with Crippen molar-refractivity contribution in [1.29, 1.82) is 0 Å². The zero-order valence-corrected chi connectivity index (χ0v) is 12.5. The molecule has 2 aromatic rings. The molecule has 1 aromatic heterocycles. The average Bonchev–Trinajstić information content (AvgIpc) is 2.81. The largest absolute Gasteiger partial charge is 0.309 e. The summed E-state index contributed by atoms with van der Waals surface area (Å²) in [6.45, 7) is 0.698. The zero-order valence-electron chi connectivity index (χ0n) is 10.1. The normalized spacial score (nSPS) is 19.4. The smallest absolute Gasteiger partial charge is 0.227 e. The first-order valence-electron chi connectivity index (χ1n) is 6.10. The number of anilines is 1. The number of benzene rings is 1. The molecule has 98 valence electrons. The average molecular weight is 340 g/mol. The fourth-order valence-corrected chi connectivity index (χ4v) is 3.15. The number of amides is 1. The van der Waals surface area contributed by atoms with Gasteiger partial charge >= 0.3 is 0 Å². The molecule has 0 N–H and O–H groups in total. The highest BCUT2D eigenvalue weighted by molar-refractivity contribution is 9.09. The number of carbonyl (C=O) groups excluding carboxylic acids is 1. The van der Waals surface area contributed by atoms with Gasteiger partial charge in [-0.2, -0.15) is 0 Å². The van der Waals surface area contributed by atoms with E-state index in [-0.39, 0.29) is 5.91 Å². The number of fused-ring (bicyclic) bond motifs is 1. The predicted molar refractivity (Wildman–Crippen MR) is 81.0 cm³/mol. The molecule has 5 heteroatoms. The molecule has 1 fully saturated rings. The number of rotatable bonds is 2. The van der Waals surface area contributed by atoms with Crippen LogP contribution in [-0.4, -0.2) is 22.8 Å². The Morgan fingerprint density at radius 3 is 2.95 bits per heavy atom. The second-order valence-corrected chi connectivity index (χ2v) is 5.73. The van der Waals surface area contributed by atoms with E-state index in [4.69, 9.17) is 11.6 Å². The second kappa shape index (κ2) is 5.10. The third kappa shape index (κ3) is 2.23. The predicted octanol–water partition coefficient (Wildman–Crippen LogP) is 3.64. The monoisotopic (exact) mass is 338 g/mol. The molecule has 3 rings (SSSR count). The molecule has 0 saturated carbocycles. The molecule has 0 bridgehead atoms. The number of para-hydroxylation sites is 1. The first-order valence-corrected chi connectivity index (χ1v) is 7.60. The van der Waals surface area contributed by atoms with Crippen molar-refractivity contribution in [3.05, 3.63) is 35.5 Å². The quantitative estimate of drug-likeness (QED) is 0.783. The Morgan fingerprint density at radius 2 is 2.21 bits per heavy atom. The topological polar surface area (TPSA) is 33.2 Å². The minimum absolute atomic E-state index is 0.114. The van der Waals surface area contributed by atoms with Crippen molar-refractivity contribution in [3.8, 4) is 0 Å². The molecule has 0 aliphatic carbocycles. The van der Waals surface area contributed by atoms with Gasteiger partial charge in [0, 0.05) is 23.7 Å². The Labute approximate surface area is 124 Å². The Kier molecular flexibility index (Phi) is 3.46. The number of halogens is 2. The van der Waals surface area contributed by atoms with Gasteiger partial charge in [-0.3, -0.25) is 9.78 Å². The molecule has 1 aliphatic heterocycles. The molecule has 3 nitrogen and oxygen atoms in total. The van der Waals surface area contributed by atoms with Crippen molar-refractivity contribution in [2.75, 3.05) is 16.8 Å². The Morgan fingerprint density at radius 1 is 1.42 bits per heavy atom. The van der Waals surface area contributed by atoms with Gasteiger partial charge in [0.2, 0.25) is 5.91 Å². The minimum Gasteiger partial charge on any atom is -0.309 e.